The van der Waals surface area contributed by atoms with Crippen LogP contribution >= 0.6 is 48.0 Å². The predicted octanol–water partition coefficient (Wildman–Crippen LogP) is 4.83. The van der Waals surface area contributed by atoms with Crippen LogP contribution in [-0.2, 0) is 0 Å². The van der Waals surface area contributed by atoms with Gasteiger partial charge in [0.15, 0.2) is 0 Å². The van der Waals surface area contributed by atoms with Crippen LogP contribution in [0, 0.1) is 5.92 Å². The van der Waals surface area contributed by atoms with E-state index in [1.807, 2.05) is 18.2 Å². The van der Waals surface area contributed by atoms with E-state index >= 15 is 0 Å². The predicted molar refractivity (Wildman–Crippen MR) is 97.6 cm³/mol. The minimum Gasteiger partial charge on any atom is -0.314 e. The van der Waals surface area contributed by atoms with Gasteiger partial charge in [0.05, 0.1) is 0 Å². The number of rotatable bonds is 4. The van der Waals surface area contributed by atoms with E-state index in [0.29, 0.717) is 12.0 Å². The first-order valence-electron chi connectivity index (χ1n) is 6.97. The maximum atomic E-state index is 6.39. The summed E-state index contributed by atoms with van der Waals surface area (Å²) < 4.78 is 0. The summed E-state index contributed by atoms with van der Waals surface area (Å²) in [6.45, 7) is 8.75. The highest BCUT2D eigenvalue weighted by atomic mass is 35.5. The Kier molecular flexibility index (Phi) is 10.3. The second-order valence-electron chi connectivity index (χ2n) is 5.60. The molecule has 0 aliphatic carbocycles. The highest BCUT2D eigenvalue weighted by Crippen LogP contribution is 2.34. The van der Waals surface area contributed by atoms with Gasteiger partial charge in [0.25, 0.3) is 0 Å². The van der Waals surface area contributed by atoms with Gasteiger partial charge in [-0.15, -0.1) is 24.8 Å². The van der Waals surface area contributed by atoms with E-state index in [-0.39, 0.29) is 24.8 Å². The SMILES string of the molecule is CC(C)C[C@@H](c1cc(Cl)ccc1Cl)N1CCNCC1.Cl.Cl. The molecule has 21 heavy (non-hydrogen) atoms. The molecule has 2 nitrogen and oxygen atoms in total. The van der Waals surface area contributed by atoms with Crippen molar-refractivity contribution in [3.63, 3.8) is 0 Å². The second kappa shape index (κ2) is 10.1. The minimum absolute atomic E-state index is 0. The Morgan fingerprint density at radius 2 is 1.76 bits per heavy atom. The smallest absolute Gasteiger partial charge is 0.0454 e. The van der Waals surface area contributed by atoms with Gasteiger partial charge in [0, 0.05) is 42.3 Å². The lowest BCUT2D eigenvalue weighted by molar-refractivity contribution is 0.154. The molecule has 1 N–H and O–H groups in total. The van der Waals surface area contributed by atoms with Crippen LogP contribution in [0.15, 0.2) is 18.2 Å². The lowest BCUT2D eigenvalue weighted by atomic mass is 9.95. The normalized spacial score (nSPS) is 17.0. The summed E-state index contributed by atoms with van der Waals surface area (Å²) in [6.07, 6.45) is 1.11. The molecule has 122 valence electrons. The molecule has 0 spiro atoms. The molecule has 1 saturated heterocycles. The van der Waals surface area contributed by atoms with Crippen molar-refractivity contribution in [2.45, 2.75) is 26.3 Å². The first kappa shape index (κ1) is 21.3. The number of hydrogen-bond donors (Lipinski definition) is 1. The van der Waals surface area contributed by atoms with E-state index in [1.54, 1.807) is 0 Å². The first-order chi connectivity index (χ1) is 9.08. The minimum atomic E-state index is 0. The van der Waals surface area contributed by atoms with E-state index in [0.717, 1.165) is 42.6 Å². The second-order valence-corrected chi connectivity index (χ2v) is 6.44. The molecule has 0 saturated carbocycles. The fourth-order valence-electron chi connectivity index (χ4n) is 2.68. The summed E-state index contributed by atoms with van der Waals surface area (Å²) in [4.78, 5) is 2.52. The van der Waals surface area contributed by atoms with Gasteiger partial charge >= 0.3 is 0 Å². The highest BCUT2D eigenvalue weighted by molar-refractivity contribution is 6.33. The number of hydrogen-bond acceptors (Lipinski definition) is 2. The van der Waals surface area contributed by atoms with Crippen molar-refractivity contribution in [1.29, 1.82) is 0 Å². The molecule has 1 atom stereocenters. The Morgan fingerprint density at radius 1 is 1.14 bits per heavy atom. The zero-order chi connectivity index (χ0) is 13.8. The monoisotopic (exact) mass is 372 g/mol. The van der Waals surface area contributed by atoms with Gasteiger partial charge in [-0.05, 0) is 36.1 Å². The molecule has 1 aliphatic rings. The van der Waals surface area contributed by atoms with E-state index in [1.165, 1.54) is 5.56 Å². The summed E-state index contributed by atoms with van der Waals surface area (Å²) in [5.74, 6) is 0.634. The van der Waals surface area contributed by atoms with E-state index in [2.05, 4.69) is 24.1 Å². The molecule has 0 radical (unpaired) electrons. The molecule has 1 aromatic carbocycles. The summed E-state index contributed by atoms with van der Waals surface area (Å²) in [7, 11) is 0. The Hall–Kier alpha value is 0.300. The fraction of sp³-hybridized carbons (Fsp3) is 0.600. The Labute approximate surface area is 150 Å². The van der Waals surface area contributed by atoms with Crippen LogP contribution in [0.1, 0.15) is 31.9 Å². The van der Waals surface area contributed by atoms with Gasteiger partial charge in [0.2, 0.25) is 0 Å². The Bertz CT molecular complexity index is 420. The van der Waals surface area contributed by atoms with Gasteiger partial charge in [-0.3, -0.25) is 4.90 Å². The van der Waals surface area contributed by atoms with Crippen LogP contribution in [0.5, 0.6) is 0 Å². The van der Waals surface area contributed by atoms with Crippen molar-refractivity contribution in [3.05, 3.63) is 33.8 Å². The molecule has 0 aromatic heterocycles. The lowest BCUT2D eigenvalue weighted by Gasteiger charge is -2.36. The van der Waals surface area contributed by atoms with Crippen molar-refractivity contribution in [2.24, 2.45) is 5.92 Å². The van der Waals surface area contributed by atoms with Crippen molar-refractivity contribution in [3.8, 4) is 0 Å². The van der Waals surface area contributed by atoms with Gasteiger partial charge in [-0.2, -0.15) is 0 Å². The van der Waals surface area contributed by atoms with Crippen LogP contribution in [0.4, 0.5) is 0 Å². The average molecular weight is 374 g/mol. The third-order valence-electron chi connectivity index (χ3n) is 3.60. The summed E-state index contributed by atoms with van der Waals surface area (Å²) in [5.41, 5.74) is 1.17. The van der Waals surface area contributed by atoms with Crippen LogP contribution in [0.3, 0.4) is 0 Å². The van der Waals surface area contributed by atoms with Crippen molar-refractivity contribution in [2.75, 3.05) is 26.2 Å². The zero-order valence-electron chi connectivity index (χ0n) is 12.4. The molecule has 6 heteroatoms. The van der Waals surface area contributed by atoms with Crippen molar-refractivity contribution in [1.82, 2.24) is 10.2 Å². The Morgan fingerprint density at radius 3 is 2.33 bits per heavy atom. The zero-order valence-corrected chi connectivity index (χ0v) is 15.6. The molecule has 1 fully saturated rings. The average Bonchev–Trinajstić information content (AvgIpc) is 2.40. The number of piperazine rings is 1. The lowest BCUT2D eigenvalue weighted by Crippen LogP contribution is -2.45. The highest BCUT2D eigenvalue weighted by Gasteiger charge is 2.24. The summed E-state index contributed by atoms with van der Waals surface area (Å²) in [5, 5.41) is 4.99. The summed E-state index contributed by atoms with van der Waals surface area (Å²) in [6, 6.07) is 6.17. The van der Waals surface area contributed by atoms with E-state index < -0.39 is 0 Å². The van der Waals surface area contributed by atoms with Gasteiger partial charge in [0.1, 0.15) is 0 Å². The third-order valence-corrected chi connectivity index (χ3v) is 4.18. The van der Waals surface area contributed by atoms with Crippen molar-refractivity contribution < 1.29 is 0 Å². The largest absolute Gasteiger partial charge is 0.314 e. The van der Waals surface area contributed by atoms with E-state index in [4.69, 9.17) is 23.2 Å². The molecule has 0 bridgehead atoms. The number of halogens is 4. The molecular formula is C15H24Cl4N2. The maximum Gasteiger partial charge on any atom is 0.0454 e. The number of nitrogens with zero attached hydrogens (tertiary/aromatic N) is 1. The van der Waals surface area contributed by atoms with Crippen molar-refractivity contribution >= 4 is 48.0 Å². The summed E-state index contributed by atoms with van der Waals surface area (Å²) >= 11 is 12.5. The van der Waals surface area contributed by atoms with Gasteiger partial charge in [-0.25, -0.2) is 0 Å². The molecule has 1 aliphatic heterocycles. The maximum absolute atomic E-state index is 6.39. The molecular weight excluding hydrogens is 350 g/mol. The third kappa shape index (κ3) is 6.13. The standard InChI is InChI=1S/C15H22Cl2N2.2ClH/c1-11(2)9-15(19-7-5-18-6-8-19)13-10-12(16)3-4-14(13)17;;/h3-4,10-11,15,18H,5-9H2,1-2H3;2*1H/t15-;;/m0../s1. The molecule has 2 rings (SSSR count). The van der Waals surface area contributed by atoms with Gasteiger partial charge in [-0.1, -0.05) is 37.0 Å². The molecule has 0 unspecified atom stereocenters. The quantitative estimate of drug-likeness (QED) is 0.812. The van der Waals surface area contributed by atoms with Crippen LogP contribution < -0.4 is 5.32 Å². The van der Waals surface area contributed by atoms with E-state index in [9.17, 15) is 0 Å². The van der Waals surface area contributed by atoms with Crippen LogP contribution in [0.25, 0.3) is 0 Å². The molecule has 1 heterocycles. The number of nitrogens with one attached hydrogen (secondary N) is 1. The topological polar surface area (TPSA) is 15.3 Å². The molecule has 0 amide bonds. The first-order valence-corrected chi connectivity index (χ1v) is 7.73. The fourth-order valence-corrected chi connectivity index (χ4v) is 3.11. The van der Waals surface area contributed by atoms with Gasteiger partial charge < -0.3 is 5.32 Å². The number of benzene rings is 1. The van der Waals surface area contributed by atoms with Crippen LogP contribution in [-0.4, -0.2) is 31.1 Å². The Balaban J connectivity index is 0.00000200. The van der Waals surface area contributed by atoms with Crippen LogP contribution in [0.2, 0.25) is 10.0 Å². The molecule has 1 aromatic rings.